The number of benzene rings is 1. The molecule has 0 aliphatic heterocycles. The van der Waals surface area contributed by atoms with Gasteiger partial charge in [0.25, 0.3) is 0 Å². The van der Waals surface area contributed by atoms with Gasteiger partial charge < -0.3 is 4.43 Å². The topological polar surface area (TPSA) is 9.23 Å². The third-order valence-corrected chi connectivity index (χ3v) is 5.81. The zero-order chi connectivity index (χ0) is 14.4. The lowest BCUT2D eigenvalue weighted by atomic mass is 9.86. The minimum Gasteiger partial charge on any atom is -0.416 e. The van der Waals surface area contributed by atoms with Crippen molar-refractivity contribution in [2.45, 2.75) is 72.3 Å². The van der Waals surface area contributed by atoms with E-state index in [4.69, 9.17) is 4.43 Å². The summed E-state index contributed by atoms with van der Waals surface area (Å²) in [4.78, 5) is 0. The van der Waals surface area contributed by atoms with E-state index in [1.165, 1.54) is 18.0 Å². The van der Waals surface area contributed by atoms with E-state index in [1.54, 1.807) is 11.1 Å². The van der Waals surface area contributed by atoms with Crippen LogP contribution >= 0.6 is 0 Å². The first-order valence-electron chi connectivity index (χ1n) is 7.74. The van der Waals surface area contributed by atoms with E-state index in [0.29, 0.717) is 17.9 Å². The zero-order valence-corrected chi connectivity index (χ0v) is 14.9. The lowest BCUT2D eigenvalue weighted by Crippen LogP contribution is -2.27. The highest BCUT2D eigenvalue weighted by Gasteiger charge is 2.17. The third-order valence-electron chi connectivity index (χ3n) is 4.05. The van der Waals surface area contributed by atoms with Gasteiger partial charge in [-0.1, -0.05) is 45.9 Å². The van der Waals surface area contributed by atoms with Crippen molar-refractivity contribution in [2.75, 3.05) is 0 Å². The number of hydrogen-bond acceptors (Lipinski definition) is 1. The van der Waals surface area contributed by atoms with Crippen LogP contribution in [0.4, 0.5) is 0 Å². The van der Waals surface area contributed by atoms with Crippen LogP contribution < -0.4 is 5.19 Å². The maximum absolute atomic E-state index is 5.97. The van der Waals surface area contributed by atoms with Crippen molar-refractivity contribution in [3.63, 3.8) is 0 Å². The van der Waals surface area contributed by atoms with E-state index in [9.17, 15) is 0 Å². The van der Waals surface area contributed by atoms with E-state index >= 15 is 0 Å². The van der Waals surface area contributed by atoms with Crippen molar-refractivity contribution in [1.29, 1.82) is 0 Å². The fourth-order valence-electron chi connectivity index (χ4n) is 2.47. The van der Waals surface area contributed by atoms with Gasteiger partial charge >= 0.3 is 0 Å². The summed E-state index contributed by atoms with van der Waals surface area (Å²) in [6.07, 6.45) is 2.76. The second kappa shape index (κ2) is 7.86. The van der Waals surface area contributed by atoms with E-state index in [2.05, 4.69) is 59.7 Å². The molecule has 2 unspecified atom stereocenters. The molecule has 1 aromatic carbocycles. The maximum Gasteiger partial charge on any atom is 0.192 e. The Morgan fingerprint density at radius 1 is 1.00 bits per heavy atom. The highest BCUT2D eigenvalue weighted by Crippen LogP contribution is 2.28. The van der Waals surface area contributed by atoms with Crippen molar-refractivity contribution < 1.29 is 4.43 Å². The quantitative estimate of drug-likeness (QED) is 0.688. The van der Waals surface area contributed by atoms with Gasteiger partial charge in [0.15, 0.2) is 9.76 Å². The van der Waals surface area contributed by atoms with Crippen molar-refractivity contribution in [2.24, 2.45) is 0 Å². The van der Waals surface area contributed by atoms with Crippen LogP contribution in [-0.2, 0) is 4.43 Å². The molecule has 0 N–H and O–H groups in total. The van der Waals surface area contributed by atoms with Crippen LogP contribution in [0, 0.1) is 0 Å². The first-order chi connectivity index (χ1) is 9.01. The molecule has 0 bridgehead atoms. The molecule has 2 heteroatoms. The molecule has 0 aliphatic carbocycles. The average molecular weight is 279 g/mol. The fraction of sp³-hybridized carbons (Fsp3) is 0.647. The molecule has 1 aromatic rings. The summed E-state index contributed by atoms with van der Waals surface area (Å²) in [5, 5.41) is 1.51. The predicted molar refractivity (Wildman–Crippen MR) is 88.3 cm³/mol. The summed E-state index contributed by atoms with van der Waals surface area (Å²) in [6.45, 7) is 13.5. The summed E-state index contributed by atoms with van der Waals surface area (Å²) in [5.74, 6) is 1.29. The predicted octanol–water partition coefficient (Wildman–Crippen LogP) is 3.85. The second-order valence-electron chi connectivity index (χ2n) is 5.90. The van der Waals surface area contributed by atoms with Gasteiger partial charge in [0.2, 0.25) is 0 Å². The minimum absolute atomic E-state index is 0.351. The van der Waals surface area contributed by atoms with Gasteiger partial charge in [0.1, 0.15) is 0 Å². The van der Waals surface area contributed by atoms with Crippen LogP contribution in [-0.4, -0.2) is 15.9 Å². The molecule has 0 aromatic heterocycles. The van der Waals surface area contributed by atoms with Crippen molar-refractivity contribution >= 4 is 14.9 Å². The molecule has 2 atom stereocenters. The minimum atomic E-state index is -0.601. The van der Waals surface area contributed by atoms with Gasteiger partial charge in [-0.3, -0.25) is 0 Å². The van der Waals surface area contributed by atoms with Crippen LogP contribution in [0.15, 0.2) is 18.2 Å². The Morgan fingerprint density at radius 3 is 2.16 bits per heavy atom. The van der Waals surface area contributed by atoms with Crippen LogP contribution in [0.25, 0.3) is 0 Å². The molecule has 0 amide bonds. The normalized spacial score (nSPS) is 15.3. The Labute approximate surface area is 121 Å². The van der Waals surface area contributed by atoms with Crippen LogP contribution in [0.1, 0.15) is 77.3 Å². The van der Waals surface area contributed by atoms with Gasteiger partial charge in [-0.25, -0.2) is 0 Å². The fourth-order valence-corrected chi connectivity index (χ4v) is 3.92. The molecule has 0 fully saturated rings. The third kappa shape index (κ3) is 4.46. The van der Waals surface area contributed by atoms with Gasteiger partial charge in [-0.15, -0.1) is 0 Å². The van der Waals surface area contributed by atoms with Crippen LogP contribution in [0.3, 0.4) is 0 Å². The molecule has 1 rings (SSSR count). The second-order valence-corrected chi connectivity index (χ2v) is 7.28. The summed E-state index contributed by atoms with van der Waals surface area (Å²) in [5.41, 5.74) is 3.14. The van der Waals surface area contributed by atoms with E-state index in [1.807, 2.05) is 0 Å². The molecule has 108 valence electrons. The largest absolute Gasteiger partial charge is 0.416 e. The van der Waals surface area contributed by atoms with Crippen LogP contribution in [0.2, 0.25) is 0 Å². The molecular formula is C17H30OSi. The molecule has 0 aliphatic rings. The molecular weight excluding hydrogens is 248 g/mol. The monoisotopic (exact) mass is 278 g/mol. The van der Waals surface area contributed by atoms with E-state index in [-0.39, 0.29) is 0 Å². The maximum atomic E-state index is 5.97. The standard InChI is InChI=1S/C17H30OSi/c1-7-13(5)15-10-9-11-16(19-18-12(3)4)17(15)14(6)8-2/h9-14H,7-8,19H2,1-6H3. The average Bonchev–Trinajstić information content (AvgIpc) is 2.42. The Morgan fingerprint density at radius 2 is 1.63 bits per heavy atom. The van der Waals surface area contributed by atoms with Crippen molar-refractivity contribution in [3.05, 3.63) is 29.3 Å². The molecule has 1 nitrogen and oxygen atoms in total. The molecule has 0 saturated carbocycles. The van der Waals surface area contributed by atoms with Gasteiger partial charge in [-0.2, -0.15) is 0 Å². The van der Waals surface area contributed by atoms with Crippen molar-refractivity contribution in [3.8, 4) is 0 Å². The smallest absolute Gasteiger partial charge is 0.192 e. The first kappa shape index (κ1) is 16.5. The lowest BCUT2D eigenvalue weighted by Gasteiger charge is -2.23. The zero-order valence-electron chi connectivity index (χ0n) is 13.5. The first-order valence-corrected chi connectivity index (χ1v) is 9.02. The Bertz CT molecular complexity index is 387. The van der Waals surface area contributed by atoms with Crippen LogP contribution in [0.5, 0.6) is 0 Å². The van der Waals surface area contributed by atoms with Crippen molar-refractivity contribution in [1.82, 2.24) is 0 Å². The Hall–Kier alpha value is -0.603. The summed E-state index contributed by atoms with van der Waals surface area (Å²) in [7, 11) is -0.601. The number of hydrogen-bond donors (Lipinski definition) is 0. The molecule has 0 heterocycles. The SMILES string of the molecule is CCC(C)c1cccc([SiH2]OC(C)C)c1C(C)CC. The summed E-state index contributed by atoms with van der Waals surface area (Å²) < 4.78 is 5.97. The van der Waals surface area contributed by atoms with Gasteiger partial charge in [0, 0.05) is 6.10 Å². The van der Waals surface area contributed by atoms with Gasteiger partial charge in [0.05, 0.1) is 0 Å². The Balaban J connectivity index is 3.14. The van der Waals surface area contributed by atoms with E-state index in [0.717, 1.165) is 0 Å². The summed E-state index contributed by atoms with van der Waals surface area (Å²) in [6, 6.07) is 6.84. The molecule has 0 spiro atoms. The lowest BCUT2D eigenvalue weighted by molar-refractivity contribution is 0.260. The Kier molecular flexibility index (Phi) is 6.80. The number of rotatable bonds is 7. The molecule has 19 heavy (non-hydrogen) atoms. The highest BCUT2D eigenvalue weighted by molar-refractivity contribution is 6.47. The molecule has 0 radical (unpaired) electrons. The van der Waals surface area contributed by atoms with Gasteiger partial charge in [-0.05, 0) is 54.8 Å². The summed E-state index contributed by atoms with van der Waals surface area (Å²) >= 11 is 0. The van der Waals surface area contributed by atoms with E-state index < -0.39 is 9.76 Å². The highest BCUT2D eigenvalue weighted by atomic mass is 28.2. The molecule has 0 saturated heterocycles.